The van der Waals surface area contributed by atoms with Crippen LogP contribution in [0.1, 0.15) is 72.4 Å². The van der Waals surface area contributed by atoms with Gasteiger partial charge in [-0.05, 0) is 88.4 Å². The lowest BCUT2D eigenvalue weighted by atomic mass is 9.76. The Morgan fingerprint density at radius 1 is 1.06 bits per heavy atom. The summed E-state index contributed by atoms with van der Waals surface area (Å²) in [6.45, 7) is 7.48. The Morgan fingerprint density at radius 2 is 1.63 bits per heavy atom. The topological polar surface area (TPSA) is 104 Å². The van der Waals surface area contributed by atoms with Gasteiger partial charge in [0.2, 0.25) is 0 Å². The average molecular weight is 506 g/mol. The molecule has 0 radical (unpaired) electrons. The number of amides is 1. The molecule has 2 N–H and O–H groups in total. The zero-order valence-electron chi connectivity index (χ0n) is 20.1. The number of aliphatic hydroxyl groups is 1. The third-order valence-electron chi connectivity index (χ3n) is 6.18. The van der Waals surface area contributed by atoms with Gasteiger partial charge in [0.15, 0.2) is 5.78 Å². The van der Waals surface area contributed by atoms with Crippen LogP contribution in [0.5, 0.6) is 0 Å². The minimum Gasteiger partial charge on any atom is -0.478 e. The van der Waals surface area contributed by atoms with Gasteiger partial charge >= 0.3 is 12.1 Å². The van der Waals surface area contributed by atoms with Gasteiger partial charge in [-0.1, -0.05) is 11.6 Å². The summed E-state index contributed by atoms with van der Waals surface area (Å²) < 4.78 is 20.6. The highest BCUT2D eigenvalue weighted by atomic mass is 35.5. The Morgan fingerprint density at radius 3 is 2.14 bits per heavy atom. The summed E-state index contributed by atoms with van der Waals surface area (Å²) >= 11 is 5.84. The molecule has 0 saturated carbocycles. The number of carbonyl (C=O) groups is 3. The summed E-state index contributed by atoms with van der Waals surface area (Å²) in [6.07, 6.45) is 0.364. The lowest BCUT2D eigenvalue weighted by molar-refractivity contribution is -0.0386. The van der Waals surface area contributed by atoms with E-state index in [1.807, 2.05) is 0 Å². The number of benzene rings is 2. The molecule has 188 valence electrons. The van der Waals surface area contributed by atoms with Gasteiger partial charge in [-0.15, -0.1) is 0 Å². The summed E-state index contributed by atoms with van der Waals surface area (Å²) in [4.78, 5) is 38.8. The summed E-state index contributed by atoms with van der Waals surface area (Å²) in [7, 11) is 0. The summed E-state index contributed by atoms with van der Waals surface area (Å²) in [5, 5.41) is 21.5. The number of piperidine rings is 1. The fourth-order valence-corrected chi connectivity index (χ4v) is 4.36. The Bertz CT molecular complexity index is 1130. The molecule has 9 heteroatoms. The van der Waals surface area contributed by atoms with Crippen molar-refractivity contribution in [2.45, 2.75) is 51.7 Å². The van der Waals surface area contributed by atoms with Gasteiger partial charge in [-0.3, -0.25) is 4.79 Å². The molecule has 1 unspecified atom stereocenters. The lowest BCUT2D eigenvalue weighted by Crippen LogP contribution is -2.46. The number of hydrogen-bond donors (Lipinski definition) is 2. The van der Waals surface area contributed by atoms with Gasteiger partial charge in [0, 0.05) is 23.7 Å². The Hall–Kier alpha value is -2.97. The molecule has 1 atom stereocenters. The van der Waals surface area contributed by atoms with E-state index in [4.69, 9.17) is 16.3 Å². The molecular weight excluding hydrogens is 477 g/mol. The van der Waals surface area contributed by atoms with E-state index in [9.17, 15) is 24.6 Å². The van der Waals surface area contributed by atoms with E-state index >= 15 is 4.39 Å². The highest BCUT2D eigenvalue weighted by Crippen LogP contribution is 2.38. The highest BCUT2D eigenvalue weighted by molar-refractivity contribution is 6.30. The fourth-order valence-electron chi connectivity index (χ4n) is 4.23. The van der Waals surface area contributed by atoms with Crippen molar-refractivity contribution in [3.05, 3.63) is 69.5 Å². The normalized spacial score (nSPS) is 16.5. The van der Waals surface area contributed by atoms with Crippen molar-refractivity contribution in [1.82, 2.24) is 4.90 Å². The predicted octanol–water partition coefficient (Wildman–Crippen LogP) is 5.26. The molecule has 7 nitrogen and oxygen atoms in total. The van der Waals surface area contributed by atoms with Crippen LogP contribution in [0.4, 0.5) is 9.18 Å². The zero-order chi connectivity index (χ0) is 26.1. The molecule has 0 bridgehead atoms. The molecule has 2 aromatic rings. The Kier molecular flexibility index (Phi) is 7.57. The molecule has 35 heavy (non-hydrogen) atoms. The van der Waals surface area contributed by atoms with Crippen LogP contribution in [-0.2, 0) is 10.3 Å². The number of ether oxygens (including phenoxy) is 1. The quantitative estimate of drug-likeness (QED) is 0.537. The van der Waals surface area contributed by atoms with Crippen LogP contribution in [0.25, 0.3) is 0 Å². The van der Waals surface area contributed by atoms with Crippen LogP contribution in [0.3, 0.4) is 0 Å². The van der Waals surface area contributed by atoms with Gasteiger partial charge < -0.3 is 19.8 Å². The fraction of sp³-hybridized carbons (Fsp3) is 0.423. The monoisotopic (exact) mass is 505 g/mol. The number of carbonyl (C=O) groups excluding carboxylic acids is 2. The SMILES string of the molecule is CC(C)(C)OC(=O)N1CCC(C(C)(O)c2cc(F)c(C(=O)c3ccc(Cl)cc3)c(C(=O)O)c2)CC1. The van der Waals surface area contributed by atoms with Gasteiger partial charge in [-0.2, -0.15) is 0 Å². The smallest absolute Gasteiger partial charge is 0.410 e. The third-order valence-corrected chi connectivity index (χ3v) is 6.43. The van der Waals surface area contributed by atoms with E-state index in [1.165, 1.54) is 31.2 Å². The van der Waals surface area contributed by atoms with Crippen LogP contribution < -0.4 is 0 Å². The van der Waals surface area contributed by atoms with Gasteiger partial charge in [0.05, 0.1) is 16.7 Å². The molecule has 1 amide bonds. The maximum atomic E-state index is 15.2. The molecule has 1 aliphatic rings. The largest absolute Gasteiger partial charge is 0.478 e. The number of rotatable bonds is 5. The van der Waals surface area contributed by atoms with Crippen LogP contribution in [0.15, 0.2) is 36.4 Å². The van der Waals surface area contributed by atoms with Gasteiger partial charge in [0.25, 0.3) is 0 Å². The second-order valence-corrected chi connectivity index (χ2v) is 10.3. The maximum absolute atomic E-state index is 15.2. The Labute approximate surface area is 208 Å². The number of halogens is 2. The van der Waals surface area contributed by atoms with Crippen LogP contribution in [0, 0.1) is 11.7 Å². The molecule has 0 spiro atoms. The average Bonchev–Trinajstić information content (AvgIpc) is 2.77. The summed E-state index contributed by atoms with van der Waals surface area (Å²) in [5.74, 6) is -3.70. The van der Waals surface area contributed by atoms with Crippen LogP contribution >= 0.6 is 11.6 Å². The maximum Gasteiger partial charge on any atom is 0.410 e. The van der Waals surface area contributed by atoms with E-state index in [1.54, 1.807) is 25.7 Å². The molecule has 3 rings (SSSR count). The highest BCUT2D eigenvalue weighted by Gasteiger charge is 2.39. The first-order chi connectivity index (χ1) is 16.2. The predicted molar refractivity (Wildman–Crippen MR) is 128 cm³/mol. The number of carboxylic acids is 1. The second kappa shape index (κ2) is 9.95. The molecule has 2 aromatic carbocycles. The van der Waals surface area contributed by atoms with Crippen molar-refractivity contribution >= 4 is 29.4 Å². The molecular formula is C26H29ClFNO6. The van der Waals surface area contributed by atoms with E-state index in [0.717, 1.165) is 12.1 Å². The van der Waals surface area contributed by atoms with Crippen molar-refractivity contribution in [2.75, 3.05) is 13.1 Å². The molecule has 1 saturated heterocycles. The van der Waals surface area contributed by atoms with Gasteiger partial charge in [-0.25, -0.2) is 14.0 Å². The summed E-state index contributed by atoms with van der Waals surface area (Å²) in [5.41, 5.74) is -3.20. The van der Waals surface area contributed by atoms with Crippen molar-refractivity contribution in [2.24, 2.45) is 5.92 Å². The number of likely N-dealkylation sites (tertiary alicyclic amines) is 1. The van der Waals surface area contributed by atoms with Crippen molar-refractivity contribution in [3.8, 4) is 0 Å². The van der Waals surface area contributed by atoms with Crippen molar-refractivity contribution < 1.29 is 33.7 Å². The minimum absolute atomic E-state index is 0.0516. The van der Waals surface area contributed by atoms with Crippen molar-refractivity contribution in [3.63, 3.8) is 0 Å². The Balaban J connectivity index is 1.87. The first-order valence-corrected chi connectivity index (χ1v) is 11.7. The third kappa shape index (κ3) is 6.00. The molecule has 0 aliphatic carbocycles. The number of hydrogen-bond acceptors (Lipinski definition) is 5. The van der Waals surface area contributed by atoms with Crippen LogP contribution in [-0.4, -0.2) is 51.6 Å². The number of carboxylic acid groups (broad SMARTS) is 1. The first-order valence-electron chi connectivity index (χ1n) is 11.3. The van der Waals surface area contributed by atoms with Gasteiger partial charge in [0.1, 0.15) is 11.4 Å². The molecule has 1 aliphatic heterocycles. The number of aromatic carboxylic acids is 1. The standard InChI is InChI=1S/C26H29ClFNO6/c1-25(2,3)35-24(33)29-11-9-16(10-12-29)26(4,34)17-13-19(23(31)32)21(20(28)14-17)22(30)15-5-7-18(27)8-6-15/h5-8,13-14,16,34H,9-12H2,1-4H3,(H,31,32). The molecule has 1 heterocycles. The minimum atomic E-state index is -1.59. The van der Waals surface area contributed by atoms with Crippen LogP contribution in [0.2, 0.25) is 5.02 Å². The molecule has 1 fully saturated rings. The lowest BCUT2D eigenvalue weighted by Gasteiger charge is -2.40. The van der Waals surface area contributed by atoms with E-state index in [-0.39, 0.29) is 17.0 Å². The van der Waals surface area contributed by atoms with Crippen molar-refractivity contribution in [1.29, 1.82) is 0 Å². The second-order valence-electron chi connectivity index (χ2n) is 9.91. The van der Waals surface area contributed by atoms with E-state index in [2.05, 4.69) is 0 Å². The molecule has 0 aromatic heterocycles. The summed E-state index contributed by atoms with van der Waals surface area (Å²) in [6, 6.07) is 7.84. The van der Waals surface area contributed by atoms with E-state index in [0.29, 0.717) is 31.0 Å². The van der Waals surface area contributed by atoms with E-state index < -0.39 is 46.0 Å². The first kappa shape index (κ1) is 26.6. The number of ketones is 1. The zero-order valence-corrected chi connectivity index (χ0v) is 20.9. The number of nitrogens with zero attached hydrogens (tertiary/aromatic N) is 1.